The van der Waals surface area contributed by atoms with Crippen molar-refractivity contribution in [2.45, 2.75) is 24.3 Å². The zero-order chi connectivity index (χ0) is 14.3. The minimum Gasteiger partial charge on any atom is -0.399 e. The average molecular weight is 304 g/mol. The van der Waals surface area contributed by atoms with Gasteiger partial charge in [-0.15, -0.1) is 11.8 Å². The maximum Gasteiger partial charge on any atom is 0.212 e. The third-order valence-electron chi connectivity index (χ3n) is 2.36. The van der Waals surface area contributed by atoms with Crippen molar-refractivity contribution >= 4 is 27.5 Å². The summed E-state index contributed by atoms with van der Waals surface area (Å²) in [5, 5.41) is 9.05. The Hall–Kier alpha value is -0.760. The van der Waals surface area contributed by atoms with Gasteiger partial charge in [-0.05, 0) is 31.5 Å². The molecular weight excluding hydrogens is 284 g/mol. The predicted molar refractivity (Wildman–Crippen MR) is 79.7 cm³/mol. The molecule has 0 aliphatic carbocycles. The van der Waals surface area contributed by atoms with Crippen LogP contribution in [0, 0.1) is 0 Å². The quantitative estimate of drug-likeness (QED) is 0.493. The number of aliphatic hydroxyl groups is 1. The van der Waals surface area contributed by atoms with E-state index in [1.165, 1.54) is 11.8 Å². The van der Waals surface area contributed by atoms with E-state index >= 15 is 0 Å². The molecule has 1 aromatic rings. The first kappa shape index (κ1) is 16.3. The molecule has 0 amide bonds. The molecule has 1 atom stereocenters. The van der Waals surface area contributed by atoms with Crippen LogP contribution in [0.25, 0.3) is 0 Å². The molecule has 0 aromatic heterocycles. The topological polar surface area (TPSA) is 92.4 Å². The molecule has 0 radical (unpaired) electrons. The van der Waals surface area contributed by atoms with Crippen LogP contribution in [0.1, 0.15) is 13.3 Å². The number of anilines is 1. The smallest absolute Gasteiger partial charge is 0.212 e. The van der Waals surface area contributed by atoms with Crippen LogP contribution in [0.3, 0.4) is 0 Å². The van der Waals surface area contributed by atoms with E-state index in [9.17, 15) is 8.42 Å². The van der Waals surface area contributed by atoms with Gasteiger partial charge in [0.2, 0.25) is 10.0 Å². The Labute approximate surface area is 118 Å². The Balaban J connectivity index is 2.31. The van der Waals surface area contributed by atoms with Crippen LogP contribution in [-0.2, 0) is 10.0 Å². The molecule has 4 N–H and O–H groups in total. The molecule has 0 saturated carbocycles. The fraction of sp³-hybridized carbons (Fsp3) is 0.500. The molecule has 0 aliphatic rings. The van der Waals surface area contributed by atoms with Gasteiger partial charge >= 0.3 is 0 Å². The van der Waals surface area contributed by atoms with Gasteiger partial charge in [-0.3, -0.25) is 0 Å². The molecule has 0 spiro atoms. The molecule has 19 heavy (non-hydrogen) atoms. The Bertz CT molecular complexity index is 490. The number of aliphatic hydroxyl groups excluding tert-OH is 1. The number of hydrogen-bond acceptors (Lipinski definition) is 5. The third-order valence-corrected chi connectivity index (χ3v) is 5.00. The van der Waals surface area contributed by atoms with Crippen molar-refractivity contribution in [1.29, 1.82) is 0 Å². The van der Waals surface area contributed by atoms with E-state index in [2.05, 4.69) is 4.72 Å². The number of nitrogen functional groups attached to an aromatic ring is 1. The lowest BCUT2D eigenvalue weighted by Crippen LogP contribution is -2.29. The standard InChI is InChI=1S/C12H20N2O3S2/c1-10(15)5-6-14-19(16,17)8-7-18-12-4-2-3-11(13)9-12/h2-4,9-10,14-15H,5-8,13H2,1H3. The van der Waals surface area contributed by atoms with Crippen molar-refractivity contribution in [3.8, 4) is 0 Å². The van der Waals surface area contributed by atoms with Crippen LogP contribution in [0.15, 0.2) is 29.2 Å². The fourth-order valence-electron chi connectivity index (χ4n) is 1.37. The average Bonchev–Trinajstić information content (AvgIpc) is 2.27. The highest BCUT2D eigenvalue weighted by atomic mass is 32.2. The van der Waals surface area contributed by atoms with Crippen molar-refractivity contribution in [3.63, 3.8) is 0 Å². The summed E-state index contributed by atoms with van der Waals surface area (Å²) in [5.41, 5.74) is 6.31. The van der Waals surface area contributed by atoms with Gasteiger partial charge in [0.15, 0.2) is 0 Å². The van der Waals surface area contributed by atoms with Gasteiger partial charge in [0, 0.05) is 22.9 Å². The lowest BCUT2D eigenvalue weighted by molar-refractivity contribution is 0.186. The number of nitrogens with one attached hydrogen (secondary N) is 1. The summed E-state index contributed by atoms with van der Waals surface area (Å²) >= 11 is 1.45. The van der Waals surface area contributed by atoms with Gasteiger partial charge in [-0.2, -0.15) is 0 Å². The van der Waals surface area contributed by atoms with Crippen molar-refractivity contribution in [3.05, 3.63) is 24.3 Å². The Kier molecular flexibility index (Phi) is 6.64. The summed E-state index contributed by atoms with van der Waals surface area (Å²) in [4.78, 5) is 0.958. The highest BCUT2D eigenvalue weighted by molar-refractivity contribution is 8.00. The third kappa shape index (κ3) is 7.41. The number of hydrogen-bond donors (Lipinski definition) is 3. The van der Waals surface area contributed by atoms with Crippen LogP contribution in [-0.4, -0.2) is 37.7 Å². The maximum atomic E-state index is 11.6. The molecule has 5 nitrogen and oxygen atoms in total. The van der Waals surface area contributed by atoms with Gasteiger partial charge in [0.05, 0.1) is 11.9 Å². The first-order chi connectivity index (χ1) is 8.89. The van der Waals surface area contributed by atoms with E-state index in [0.29, 0.717) is 17.9 Å². The summed E-state index contributed by atoms with van der Waals surface area (Å²) in [5.74, 6) is 0.514. The predicted octanol–water partition coefficient (Wildman–Crippen LogP) is 1.05. The second kappa shape index (κ2) is 7.74. The van der Waals surface area contributed by atoms with Crippen molar-refractivity contribution in [1.82, 2.24) is 4.72 Å². The molecule has 108 valence electrons. The van der Waals surface area contributed by atoms with Crippen LogP contribution in [0.5, 0.6) is 0 Å². The van der Waals surface area contributed by atoms with Gasteiger partial charge in [-0.25, -0.2) is 13.1 Å². The normalized spacial score (nSPS) is 13.4. The number of thioether (sulfide) groups is 1. The van der Waals surface area contributed by atoms with Crippen LogP contribution < -0.4 is 10.5 Å². The van der Waals surface area contributed by atoms with E-state index < -0.39 is 16.1 Å². The van der Waals surface area contributed by atoms with E-state index in [1.807, 2.05) is 18.2 Å². The number of nitrogens with two attached hydrogens (primary N) is 1. The van der Waals surface area contributed by atoms with Gasteiger partial charge in [0.25, 0.3) is 0 Å². The van der Waals surface area contributed by atoms with Crippen molar-refractivity contribution in [2.75, 3.05) is 23.8 Å². The summed E-state index contributed by atoms with van der Waals surface area (Å²) in [7, 11) is -3.27. The molecule has 0 bridgehead atoms. The molecule has 0 heterocycles. The molecule has 0 aliphatic heterocycles. The Morgan fingerprint density at radius 3 is 2.84 bits per heavy atom. The summed E-state index contributed by atoms with van der Waals surface area (Å²) in [6.45, 7) is 1.90. The molecular formula is C12H20N2O3S2. The van der Waals surface area contributed by atoms with Crippen LogP contribution >= 0.6 is 11.8 Å². The van der Waals surface area contributed by atoms with E-state index in [-0.39, 0.29) is 12.3 Å². The van der Waals surface area contributed by atoms with E-state index in [0.717, 1.165) is 4.90 Å². The number of benzene rings is 1. The lowest BCUT2D eigenvalue weighted by Gasteiger charge is -2.08. The second-order valence-electron chi connectivity index (χ2n) is 4.27. The number of rotatable bonds is 8. The second-order valence-corrected chi connectivity index (χ2v) is 7.37. The van der Waals surface area contributed by atoms with E-state index in [1.54, 1.807) is 13.0 Å². The Morgan fingerprint density at radius 2 is 2.21 bits per heavy atom. The first-order valence-corrected chi connectivity index (χ1v) is 8.66. The van der Waals surface area contributed by atoms with Gasteiger partial charge in [-0.1, -0.05) is 6.07 Å². The number of sulfonamides is 1. The maximum absolute atomic E-state index is 11.6. The largest absolute Gasteiger partial charge is 0.399 e. The minimum absolute atomic E-state index is 0.0479. The molecule has 1 unspecified atom stereocenters. The fourth-order valence-corrected chi connectivity index (χ4v) is 3.78. The van der Waals surface area contributed by atoms with Crippen LogP contribution in [0.2, 0.25) is 0 Å². The van der Waals surface area contributed by atoms with E-state index in [4.69, 9.17) is 10.8 Å². The lowest BCUT2D eigenvalue weighted by atomic mass is 10.3. The zero-order valence-electron chi connectivity index (χ0n) is 10.9. The molecule has 0 fully saturated rings. The summed E-state index contributed by atoms with van der Waals surface area (Å²) < 4.78 is 25.7. The van der Waals surface area contributed by atoms with Gasteiger partial charge < -0.3 is 10.8 Å². The minimum atomic E-state index is -3.27. The zero-order valence-corrected chi connectivity index (χ0v) is 12.5. The van der Waals surface area contributed by atoms with Crippen LogP contribution in [0.4, 0.5) is 5.69 Å². The first-order valence-electron chi connectivity index (χ1n) is 6.03. The van der Waals surface area contributed by atoms with Crippen molar-refractivity contribution in [2.24, 2.45) is 0 Å². The van der Waals surface area contributed by atoms with Gasteiger partial charge in [0.1, 0.15) is 0 Å². The summed E-state index contributed by atoms with van der Waals surface area (Å²) in [6, 6.07) is 7.35. The molecule has 1 rings (SSSR count). The van der Waals surface area contributed by atoms with Crippen molar-refractivity contribution < 1.29 is 13.5 Å². The molecule has 0 saturated heterocycles. The highest BCUT2D eigenvalue weighted by Gasteiger charge is 2.10. The molecule has 7 heteroatoms. The SMILES string of the molecule is CC(O)CCNS(=O)(=O)CCSc1cccc(N)c1. The Morgan fingerprint density at radius 1 is 1.47 bits per heavy atom. The monoisotopic (exact) mass is 304 g/mol. The molecule has 1 aromatic carbocycles. The summed E-state index contributed by atoms with van der Waals surface area (Å²) in [6.07, 6.45) is -0.0777. The highest BCUT2D eigenvalue weighted by Crippen LogP contribution is 2.20.